The molecule has 0 spiro atoms. The van der Waals surface area contributed by atoms with E-state index in [1.54, 1.807) is 18.3 Å². The molecule has 2 rings (SSSR count). The van der Waals surface area contributed by atoms with Gasteiger partial charge in [0.25, 0.3) is 0 Å². The highest BCUT2D eigenvalue weighted by Crippen LogP contribution is 2.03. The van der Waals surface area contributed by atoms with Crippen LogP contribution < -0.4 is 10.6 Å². The van der Waals surface area contributed by atoms with Gasteiger partial charge < -0.3 is 10.6 Å². The lowest BCUT2D eigenvalue weighted by Crippen LogP contribution is -2.38. The Morgan fingerprint density at radius 3 is 2.64 bits per heavy atom. The highest BCUT2D eigenvalue weighted by atomic mass is 19.1. The molecule has 0 unspecified atom stereocenters. The molecule has 5 heteroatoms. The Morgan fingerprint density at radius 1 is 1.14 bits per heavy atom. The second-order valence-electron chi connectivity index (χ2n) is 4.82. The van der Waals surface area contributed by atoms with Gasteiger partial charge in [0.1, 0.15) is 5.82 Å². The van der Waals surface area contributed by atoms with Crippen molar-refractivity contribution in [1.29, 1.82) is 0 Å². The number of nitrogens with one attached hydrogen (secondary N) is 2. The molecule has 0 fully saturated rings. The molecule has 1 aromatic carbocycles. The third-order valence-corrected chi connectivity index (χ3v) is 3.08. The van der Waals surface area contributed by atoms with Crippen molar-refractivity contribution in [3.63, 3.8) is 0 Å². The number of nitrogens with zero attached hydrogens (tertiary/aromatic N) is 2. The van der Waals surface area contributed by atoms with Crippen molar-refractivity contribution in [1.82, 2.24) is 15.6 Å². The minimum atomic E-state index is -0.229. The molecule has 0 aliphatic heterocycles. The van der Waals surface area contributed by atoms with E-state index in [-0.39, 0.29) is 5.82 Å². The second-order valence-corrected chi connectivity index (χ2v) is 4.82. The predicted molar refractivity (Wildman–Crippen MR) is 87.2 cm³/mol. The van der Waals surface area contributed by atoms with Gasteiger partial charge in [0, 0.05) is 31.4 Å². The summed E-state index contributed by atoms with van der Waals surface area (Å²) >= 11 is 0. The fourth-order valence-electron chi connectivity index (χ4n) is 1.96. The molecule has 22 heavy (non-hydrogen) atoms. The molecule has 0 radical (unpaired) electrons. The molecule has 1 heterocycles. The van der Waals surface area contributed by atoms with E-state index in [1.807, 2.05) is 25.1 Å². The summed E-state index contributed by atoms with van der Waals surface area (Å²) < 4.78 is 12.9. The maximum Gasteiger partial charge on any atom is 0.191 e. The van der Waals surface area contributed by atoms with Gasteiger partial charge in [-0.2, -0.15) is 0 Å². The van der Waals surface area contributed by atoms with E-state index in [4.69, 9.17) is 0 Å². The lowest BCUT2D eigenvalue weighted by Gasteiger charge is -2.11. The summed E-state index contributed by atoms with van der Waals surface area (Å²) in [6.45, 7) is 4.08. The fourth-order valence-corrected chi connectivity index (χ4v) is 1.96. The van der Waals surface area contributed by atoms with Crippen molar-refractivity contribution >= 4 is 5.96 Å². The molecule has 0 aliphatic carbocycles. The van der Waals surface area contributed by atoms with Crippen LogP contribution in [0.15, 0.2) is 53.7 Å². The van der Waals surface area contributed by atoms with Crippen LogP contribution in [0.3, 0.4) is 0 Å². The van der Waals surface area contributed by atoms with Crippen molar-refractivity contribution in [2.24, 2.45) is 4.99 Å². The first-order chi connectivity index (χ1) is 10.8. The van der Waals surface area contributed by atoms with Gasteiger partial charge in [0.2, 0.25) is 0 Å². The second kappa shape index (κ2) is 8.77. The van der Waals surface area contributed by atoms with Crippen LogP contribution in [0.1, 0.15) is 18.2 Å². The van der Waals surface area contributed by atoms with E-state index in [0.717, 1.165) is 36.7 Å². The molecule has 0 aliphatic rings. The fraction of sp³-hybridized carbons (Fsp3) is 0.294. The van der Waals surface area contributed by atoms with Crippen LogP contribution in [0.5, 0.6) is 0 Å². The lowest BCUT2D eigenvalue weighted by molar-refractivity contribution is 0.627. The van der Waals surface area contributed by atoms with Gasteiger partial charge in [0.05, 0.1) is 6.54 Å². The van der Waals surface area contributed by atoms with Crippen molar-refractivity contribution in [3.8, 4) is 0 Å². The van der Waals surface area contributed by atoms with Gasteiger partial charge in [-0.15, -0.1) is 0 Å². The van der Waals surface area contributed by atoms with E-state index in [0.29, 0.717) is 6.54 Å². The smallest absolute Gasteiger partial charge is 0.191 e. The summed E-state index contributed by atoms with van der Waals surface area (Å²) in [7, 11) is 0. The minimum absolute atomic E-state index is 0.229. The van der Waals surface area contributed by atoms with Crippen LogP contribution in [0.4, 0.5) is 4.39 Å². The largest absolute Gasteiger partial charge is 0.357 e. The van der Waals surface area contributed by atoms with E-state index in [1.165, 1.54) is 12.1 Å². The Hall–Kier alpha value is -2.43. The third kappa shape index (κ3) is 5.52. The summed E-state index contributed by atoms with van der Waals surface area (Å²) in [5.74, 6) is 0.524. The third-order valence-electron chi connectivity index (χ3n) is 3.08. The van der Waals surface area contributed by atoms with Crippen LogP contribution in [0.2, 0.25) is 0 Å². The monoisotopic (exact) mass is 300 g/mol. The van der Waals surface area contributed by atoms with E-state index in [2.05, 4.69) is 20.6 Å². The Kier molecular flexibility index (Phi) is 6.36. The quantitative estimate of drug-likeness (QED) is 0.636. The molecule has 116 valence electrons. The average Bonchev–Trinajstić information content (AvgIpc) is 2.55. The van der Waals surface area contributed by atoms with Crippen LogP contribution in [-0.2, 0) is 13.0 Å². The van der Waals surface area contributed by atoms with Gasteiger partial charge in [-0.3, -0.25) is 4.98 Å². The molecular weight excluding hydrogens is 279 g/mol. The standard InChI is InChI=1S/C17H21FN4/c1-2-19-17(21-12-10-16-5-3-4-11-20-16)22-13-14-6-8-15(18)9-7-14/h3-9,11H,2,10,12-13H2,1H3,(H2,19,21,22). The van der Waals surface area contributed by atoms with Gasteiger partial charge in [-0.25, -0.2) is 9.38 Å². The van der Waals surface area contributed by atoms with E-state index < -0.39 is 0 Å². The zero-order valence-corrected chi connectivity index (χ0v) is 12.7. The molecule has 0 atom stereocenters. The highest BCUT2D eigenvalue weighted by Gasteiger charge is 1.99. The Labute approximate surface area is 130 Å². The van der Waals surface area contributed by atoms with Crippen LogP contribution >= 0.6 is 0 Å². The number of hydrogen-bond acceptors (Lipinski definition) is 2. The number of hydrogen-bond donors (Lipinski definition) is 2. The molecule has 0 bridgehead atoms. The maximum atomic E-state index is 12.9. The van der Waals surface area contributed by atoms with Gasteiger partial charge in [-0.1, -0.05) is 18.2 Å². The van der Waals surface area contributed by atoms with Gasteiger partial charge >= 0.3 is 0 Å². The molecule has 0 saturated heterocycles. The number of benzene rings is 1. The van der Waals surface area contributed by atoms with Crippen molar-refractivity contribution in [2.45, 2.75) is 19.9 Å². The summed E-state index contributed by atoms with van der Waals surface area (Å²) in [6.07, 6.45) is 2.63. The molecule has 0 amide bonds. The summed E-state index contributed by atoms with van der Waals surface area (Å²) in [5, 5.41) is 6.47. The van der Waals surface area contributed by atoms with Crippen molar-refractivity contribution in [3.05, 3.63) is 65.7 Å². The Balaban J connectivity index is 1.85. The number of aliphatic imine (C=N–C) groups is 1. The summed E-state index contributed by atoms with van der Waals surface area (Å²) in [6, 6.07) is 12.3. The summed E-state index contributed by atoms with van der Waals surface area (Å²) in [5.41, 5.74) is 2.02. The minimum Gasteiger partial charge on any atom is -0.357 e. The van der Waals surface area contributed by atoms with Crippen molar-refractivity contribution in [2.75, 3.05) is 13.1 Å². The number of aromatic nitrogens is 1. The van der Waals surface area contributed by atoms with Gasteiger partial charge in [-0.05, 0) is 36.8 Å². The van der Waals surface area contributed by atoms with Gasteiger partial charge in [0.15, 0.2) is 5.96 Å². The summed E-state index contributed by atoms with van der Waals surface area (Å²) in [4.78, 5) is 8.78. The molecule has 4 nitrogen and oxygen atoms in total. The highest BCUT2D eigenvalue weighted by molar-refractivity contribution is 5.79. The first-order valence-corrected chi connectivity index (χ1v) is 7.44. The van der Waals surface area contributed by atoms with Crippen LogP contribution in [0.25, 0.3) is 0 Å². The molecule has 2 aromatic rings. The Morgan fingerprint density at radius 2 is 1.95 bits per heavy atom. The zero-order chi connectivity index (χ0) is 15.6. The SMILES string of the molecule is CCNC(=NCc1ccc(F)cc1)NCCc1ccccn1. The molecule has 1 aromatic heterocycles. The number of rotatable bonds is 6. The molecule has 0 saturated carbocycles. The first-order valence-electron chi connectivity index (χ1n) is 7.44. The topological polar surface area (TPSA) is 49.3 Å². The number of pyridine rings is 1. The Bertz CT molecular complexity index is 581. The van der Waals surface area contributed by atoms with E-state index >= 15 is 0 Å². The number of halogens is 1. The van der Waals surface area contributed by atoms with E-state index in [9.17, 15) is 4.39 Å². The van der Waals surface area contributed by atoms with Crippen molar-refractivity contribution < 1.29 is 4.39 Å². The average molecular weight is 300 g/mol. The number of guanidine groups is 1. The molecular formula is C17H21FN4. The van der Waals surface area contributed by atoms with Crippen LogP contribution in [-0.4, -0.2) is 24.0 Å². The normalized spacial score (nSPS) is 11.3. The zero-order valence-electron chi connectivity index (χ0n) is 12.7. The molecule has 2 N–H and O–H groups in total. The lowest BCUT2D eigenvalue weighted by atomic mass is 10.2. The predicted octanol–water partition coefficient (Wildman–Crippen LogP) is 2.52. The maximum absolute atomic E-state index is 12.9. The first kappa shape index (κ1) is 15.9. The van der Waals surface area contributed by atoms with Crippen LogP contribution in [0, 0.1) is 5.82 Å².